The number of ether oxygens (including phenoxy) is 2. The van der Waals surface area contributed by atoms with Gasteiger partial charge < -0.3 is 14.8 Å². The number of nitrogens with one attached hydrogen (secondary N) is 2. The third kappa shape index (κ3) is 5.90. The maximum atomic E-state index is 13.0. The summed E-state index contributed by atoms with van der Waals surface area (Å²) in [5.41, 5.74) is 0.977. The van der Waals surface area contributed by atoms with Crippen LogP contribution in [0.2, 0.25) is 0 Å². The van der Waals surface area contributed by atoms with Gasteiger partial charge in [-0.15, -0.1) is 0 Å². The Hall–Kier alpha value is -5.32. The van der Waals surface area contributed by atoms with Gasteiger partial charge in [0.25, 0.3) is 17.7 Å². The first kappa shape index (κ1) is 25.8. The highest BCUT2D eigenvalue weighted by Gasteiger charge is 2.36. The maximum Gasteiger partial charge on any atom is 0.337 e. The minimum atomic E-state index is -0.925. The molecule has 1 aliphatic heterocycles. The molecule has 11 heteroatoms. The van der Waals surface area contributed by atoms with E-state index in [1.165, 1.54) is 73.8 Å². The number of esters is 1. The minimum absolute atomic E-state index is 0.154. The van der Waals surface area contributed by atoms with Crippen LogP contribution in [0.25, 0.3) is 6.08 Å². The first-order valence-electron chi connectivity index (χ1n) is 11.1. The van der Waals surface area contributed by atoms with Gasteiger partial charge in [0.2, 0.25) is 0 Å². The van der Waals surface area contributed by atoms with Gasteiger partial charge in [0.15, 0.2) is 6.61 Å². The number of urea groups is 1. The molecule has 0 unspecified atom stereocenters. The van der Waals surface area contributed by atoms with Crippen LogP contribution in [-0.4, -0.2) is 43.4 Å². The number of carbonyl (C=O) groups excluding carboxylic acids is 5. The van der Waals surface area contributed by atoms with Crippen LogP contribution in [-0.2, 0) is 19.1 Å². The first-order chi connectivity index (χ1) is 18.2. The van der Waals surface area contributed by atoms with Gasteiger partial charge in [-0.05, 0) is 72.3 Å². The minimum Gasteiger partial charge on any atom is -0.484 e. The summed E-state index contributed by atoms with van der Waals surface area (Å²) in [6.45, 7) is -0.301. The smallest absolute Gasteiger partial charge is 0.337 e. The molecule has 0 aromatic heterocycles. The van der Waals surface area contributed by atoms with Gasteiger partial charge in [0.1, 0.15) is 17.1 Å². The van der Waals surface area contributed by atoms with Crippen LogP contribution in [0.4, 0.5) is 20.6 Å². The fourth-order valence-corrected chi connectivity index (χ4v) is 3.46. The fraction of sp³-hybridized carbons (Fsp3) is 0.0741. The Morgan fingerprint density at radius 2 is 1.61 bits per heavy atom. The lowest BCUT2D eigenvalue weighted by atomic mass is 10.1. The number of hydrogen-bond donors (Lipinski definition) is 2. The molecular weight excluding hydrogens is 497 g/mol. The topological polar surface area (TPSA) is 131 Å². The molecule has 1 heterocycles. The van der Waals surface area contributed by atoms with E-state index in [1.807, 2.05) is 0 Å². The number of methoxy groups -OCH3 is 1. The molecule has 1 fully saturated rings. The molecule has 38 heavy (non-hydrogen) atoms. The number of imide groups is 2. The zero-order chi connectivity index (χ0) is 27.2. The van der Waals surface area contributed by atoms with Crippen molar-refractivity contribution in [3.05, 3.63) is 95.3 Å². The summed E-state index contributed by atoms with van der Waals surface area (Å²) >= 11 is 0. The Morgan fingerprint density at radius 3 is 2.24 bits per heavy atom. The van der Waals surface area contributed by atoms with E-state index in [1.54, 1.807) is 12.1 Å². The predicted octanol–water partition coefficient (Wildman–Crippen LogP) is 3.30. The number of benzene rings is 3. The highest BCUT2D eigenvalue weighted by Crippen LogP contribution is 2.23. The van der Waals surface area contributed by atoms with Gasteiger partial charge in [-0.3, -0.25) is 19.7 Å². The normalized spacial score (nSPS) is 14.2. The number of nitrogens with zero attached hydrogens (tertiary/aromatic N) is 1. The molecule has 0 radical (unpaired) electrons. The number of hydrogen-bond acceptors (Lipinski definition) is 7. The van der Waals surface area contributed by atoms with Crippen molar-refractivity contribution in [3.63, 3.8) is 0 Å². The summed E-state index contributed by atoms with van der Waals surface area (Å²) in [7, 11) is 1.23. The molecule has 1 aliphatic rings. The monoisotopic (exact) mass is 517 g/mol. The highest BCUT2D eigenvalue weighted by molar-refractivity contribution is 6.39. The Balaban J connectivity index is 1.43. The van der Waals surface area contributed by atoms with E-state index in [9.17, 15) is 28.4 Å². The Bertz CT molecular complexity index is 1430. The van der Waals surface area contributed by atoms with Crippen LogP contribution in [0.5, 0.6) is 5.75 Å². The number of carbonyl (C=O) groups is 5. The number of amides is 5. The molecule has 3 aromatic rings. The van der Waals surface area contributed by atoms with Gasteiger partial charge in [0, 0.05) is 5.69 Å². The maximum absolute atomic E-state index is 13.0. The van der Waals surface area contributed by atoms with E-state index in [0.717, 1.165) is 4.90 Å². The lowest BCUT2D eigenvalue weighted by Crippen LogP contribution is -2.54. The molecule has 0 bridgehead atoms. The summed E-state index contributed by atoms with van der Waals surface area (Å²) in [6.07, 6.45) is 1.31. The van der Waals surface area contributed by atoms with E-state index >= 15 is 0 Å². The van der Waals surface area contributed by atoms with Crippen LogP contribution >= 0.6 is 0 Å². The average molecular weight is 517 g/mol. The standard InChI is InChI=1S/C27H20FN3O7/c1-37-26(35)17-4-10-20(11-5-17)31-25(34)22(24(33)30-27(31)36)14-16-2-12-21(13-3-16)38-15-23(32)29-19-8-6-18(28)7-9-19/h2-14H,15H2,1H3,(H,29,32)(H,30,33,36)/b22-14-. The van der Waals surface area contributed by atoms with Gasteiger partial charge in [-0.2, -0.15) is 0 Å². The number of barbiturate groups is 1. The summed E-state index contributed by atoms with van der Waals surface area (Å²) in [6, 6.07) is 16.1. The molecule has 192 valence electrons. The van der Waals surface area contributed by atoms with Gasteiger partial charge in [-0.25, -0.2) is 18.9 Å². The van der Waals surface area contributed by atoms with E-state index in [2.05, 4.69) is 15.4 Å². The fourth-order valence-electron chi connectivity index (χ4n) is 3.46. The van der Waals surface area contributed by atoms with Crippen molar-refractivity contribution in [2.24, 2.45) is 0 Å². The van der Waals surface area contributed by atoms with Crippen molar-refractivity contribution in [2.45, 2.75) is 0 Å². The molecular formula is C27H20FN3O7. The van der Waals surface area contributed by atoms with E-state index in [4.69, 9.17) is 4.74 Å². The van der Waals surface area contributed by atoms with Crippen molar-refractivity contribution in [1.29, 1.82) is 0 Å². The molecule has 0 aliphatic carbocycles. The predicted molar refractivity (Wildman–Crippen MR) is 134 cm³/mol. The van der Waals surface area contributed by atoms with Crippen molar-refractivity contribution in [2.75, 3.05) is 23.9 Å². The van der Waals surface area contributed by atoms with Gasteiger partial charge >= 0.3 is 12.0 Å². The molecule has 10 nitrogen and oxygen atoms in total. The lowest BCUT2D eigenvalue weighted by Gasteiger charge is -2.26. The van der Waals surface area contributed by atoms with Crippen LogP contribution < -0.4 is 20.3 Å². The number of anilines is 2. The summed E-state index contributed by atoms with van der Waals surface area (Å²) in [5.74, 6) is -2.81. The van der Waals surface area contributed by atoms with Crippen LogP contribution in [0, 0.1) is 5.82 Å². The lowest BCUT2D eigenvalue weighted by molar-refractivity contribution is -0.122. The Morgan fingerprint density at radius 1 is 0.947 bits per heavy atom. The van der Waals surface area contributed by atoms with Crippen LogP contribution in [0.15, 0.2) is 78.4 Å². The summed E-state index contributed by atoms with van der Waals surface area (Å²) in [4.78, 5) is 62.3. The number of halogens is 1. The highest BCUT2D eigenvalue weighted by atomic mass is 19.1. The second kappa shape index (κ2) is 11.2. The second-order valence-corrected chi connectivity index (χ2v) is 7.91. The van der Waals surface area contributed by atoms with Crippen LogP contribution in [0.3, 0.4) is 0 Å². The largest absolute Gasteiger partial charge is 0.484 e. The Labute approximate surface area is 215 Å². The van der Waals surface area contributed by atoms with Gasteiger partial charge in [0.05, 0.1) is 18.4 Å². The molecule has 5 amide bonds. The van der Waals surface area contributed by atoms with E-state index in [0.29, 0.717) is 17.0 Å². The molecule has 4 rings (SSSR count). The molecule has 1 saturated heterocycles. The second-order valence-electron chi connectivity index (χ2n) is 7.91. The quantitative estimate of drug-likeness (QED) is 0.279. The zero-order valence-electron chi connectivity index (χ0n) is 19.9. The molecule has 0 spiro atoms. The van der Waals surface area contributed by atoms with Crippen molar-refractivity contribution < 1.29 is 37.8 Å². The average Bonchev–Trinajstić information content (AvgIpc) is 2.91. The summed E-state index contributed by atoms with van der Waals surface area (Å²) < 4.78 is 23.0. The van der Waals surface area contributed by atoms with Crippen LogP contribution in [0.1, 0.15) is 15.9 Å². The first-order valence-corrected chi connectivity index (χ1v) is 11.1. The van der Waals surface area contributed by atoms with Gasteiger partial charge in [-0.1, -0.05) is 12.1 Å². The SMILES string of the molecule is COC(=O)c1ccc(N2C(=O)NC(=O)/C(=C/c3ccc(OCC(=O)Nc4ccc(F)cc4)cc3)C2=O)cc1. The number of rotatable bonds is 7. The Kier molecular flexibility index (Phi) is 7.57. The third-order valence-electron chi connectivity index (χ3n) is 5.34. The van der Waals surface area contributed by atoms with E-state index in [-0.39, 0.29) is 23.4 Å². The molecule has 3 aromatic carbocycles. The van der Waals surface area contributed by atoms with E-state index < -0.39 is 35.5 Å². The molecule has 0 atom stereocenters. The zero-order valence-corrected chi connectivity index (χ0v) is 19.9. The van der Waals surface area contributed by atoms with Crippen molar-refractivity contribution in [1.82, 2.24) is 5.32 Å². The van der Waals surface area contributed by atoms with Crippen molar-refractivity contribution in [3.8, 4) is 5.75 Å². The molecule has 0 saturated carbocycles. The third-order valence-corrected chi connectivity index (χ3v) is 5.34. The molecule has 2 N–H and O–H groups in total. The van der Waals surface area contributed by atoms with Crippen molar-refractivity contribution >= 4 is 47.2 Å². The summed E-state index contributed by atoms with van der Waals surface area (Å²) in [5, 5.41) is 4.69.